The van der Waals surface area contributed by atoms with Gasteiger partial charge < -0.3 is 14.9 Å². The maximum absolute atomic E-state index is 5.38. The Kier molecular flexibility index (Phi) is 5.07. The zero-order valence-corrected chi connectivity index (χ0v) is 8.66. The first kappa shape index (κ1) is 11.0. The van der Waals surface area contributed by atoms with Crippen molar-refractivity contribution in [2.75, 3.05) is 6.61 Å². The summed E-state index contributed by atoms with van der Waals surface area (Å²) in [6.45, 7) is 3.25. The Bertz CT molecular complexity index is 248. The lowest BCUT2D eigenvalue weighted by Gasteiger charge is -1.99. The zero-order valence-electron chi connectivity index (χ0n) is 8.66. The standard InChI is InChI=1S/C10H18N2O2/c1-2-3-4-5-6-13-10-12-9(7-11)8-14-10/h8H,2-7,11H2,1H3. The maximum atomic E-state index is 5.38. The molecule has 0 aliphatic rings. The van der Waals surface area contributed by atoms with E-state index in [-0.39, 0.29) is 0 Å². The van der Waals surface area contributed by atoms with Gasteiger partial charge >= 0.3 is 6.08 Å². The van der Waals surface area contributed by atoms with Crippen molar-refractivity contribution >= 4 is 0 Å². The molecule has 1 aromatic rings. The third-order valence-electron chi connectivity index (χ3n) is 1.96. The molecule has 4 heteroatoms. The van der Waals surface area contributed by atoms with Gasteiger partial charge in [-0.15, -0.1) is 0 Å². The molecule has 1 rings (SSSR count). The van der Waals surface area contributed by atoms with E-state index >= 15 is 0 Å². The van der Waals surface area contributed by atoms with Gasteiger partial charge in [-0.2, -0.15) is 4.98 Å². The second-order valence-electron chi connectivity index (χ2n) is 3.22. The number of nitrogens with two attached hydrogens (primary N) is 1. The van der Waals surface area contributed by atoms with Crippen LogP contribution in [0.3, 0.4) is 0 Å². The summed E-state index contributed by atoms with van der Waals surface area (Å²) in [5, 5.41) is 0. The number of oxazole rings is 1. The van der Waals surface area contributed by atoms with Crippen molar-refractivity contribution in [2.24, 2.45) is 5.73 Å². The van der Waals surface area contributed by atoms with E-state index in [0.717, 1.165) is 12.1 Å². The maximum Gasteiger partial charge on any atom is 0.393 e. The molecule has 0 spiro atoms. The molecule has 1 heterocycles. The summed E-state index contributed by atoms with van der Waals surface area (Å²) in [7, 11) is 0. The van der Waals surface area contributed by atoms with Crippen LogP contribution < -0.4 is 10.5 Å². The summed E-state index contributed by atoms with van der Waals surface area (Å²) < 4.78 is 10.4. The van der Waals surface area contributed by atoms with Gasteiger partial charge in [0, 0.05) is 6.54 Å². The lowest BCUT2D eigenvalue weighted by Crippen LogP contribution is -1.99. The average molecular weight is 198 g/mol. The number of unbranched alkanes of at least 4 members (excludes halogenated alkanes) is 3. The third kappa shape index (κ3) is 3.79. The fourth-order valence-corrected chi connectivity index (χ4v) is 1.14. The second kappa shape index (κ2) is 6.43. The quantitative estimate of drug-likeness (QED) is 0.681. The van der Waals surface area contributed by atoms with Crippen molar-refractivity contribution in [3.63, 3.8) is 0 Å². The Morgan fingerprint density at radius 2 is 2.29 bits per heavy atom. The Balaban J connectivity index is 2.12. The molecule has 0 radical (unpaired) electrons. The molecule has 0 saturated carbocycles. The van der Waals surface area contributed by atoms with Crippen LogP contribution in [0.1, 0.15) is 38.3 Å². The SMILES string of the molecule is CCCCCCOc1nc(CN)co1. The monoisotopic (exact) mass is 198 g/mol. The summed E-state index contributed by atoms with van der Waals surface area (Å²) in [6, 6.07) is 0. The number of ether oxygens (including phenoxy) is 1. The molecule has 0 atom stereocenters. The fourth-order valence-electron chi connectivity index (χ4n) is 1.14. The number of rotatable bonds is 7. The lowest BCUT2D eigenvalue weighted by molar-refractivity contribution is 0.224. The molecule has 80 valence electrons. The fraction of sp³-hybridized carbons (Fsp3) is 0.700. The van der Waals surface area contributed by atoms with Gasteiger partial charge in [0.05, 0.1) is 12.3 Å². The molecule has 0 fully saturated rings. The molecular weight excluding hydrogens is 180 g/mol. The molecule has 0 bridgehead atoms. The van der Waals surface area contributed by atoms with Gasteiger partial charge in [-0.05, 0) is 6.42 Å². The highest BCUT2D eigenvalue weighted by molar-refractivity contribution is 4.98. The predicted molar refractivity (Wildman–Crippen MR) is 54.0 cm³/mol. The van der Waals surface area contributed by atoms with Crippen LogP contribution in [-0.4, -0.2) is 11.6 Å². The van der Waals surface area contributed by atoms with E-state index in [0.29, 0.717) is 19.2 Å². The average Bonchev–Trinajstić information content (AvgIpc) is 2.65. The minimum Gasteiger partial charge on any atom is -0.450 e. The van der Waals surface area contributed by atoms with Crippen LogP contribution in [-0.2, 0) is 6.54 Å². The smallest absolute Gasteiger partial charge is 0.393 e. The number of aromatic nitrogens is 1. The van der Waals surface area contributed by atoms with Gasteiger partial charge in [0.1, 0.15) is 6.26 Å². The van der Waals surface area contributed by atoms with Gasteiger partial charge in [0.25, 0.3) is 0 Å². The molecule has 0 unspecified atom stereocenters. The van der Waals surface area contributed by atoms with Crippen LogP contribution in [0.5, 0.6) is 6.08 Å². The van der Waals surface area contributed by atoms with Crippen molar-refractivity contribution < 1.29 is 9.15 Å². The Morgan fingerprint density at radius 1 is 1.43 bits per heavy atom. The largest absolute Gasteiger partial charge is 0.450 e. The Hall–Kier alpha value is -1.03. The molecule has 4 nitrogen and oxygen atoms in total. The first-order valence-electron chi connectivity index (χ1n) is 5.14. The first-order valence-corrected chi connectivity index (χ1v) is 5.14. The minimum absolute atomic E-state index is 0.335. The summed E-state index contributed by atoms with van der Waals surface area (Å²) in [5.41, 5.74) is 6.11. The topological polar surface area (TPSA) is 61.3 Å². The molecule has 0 amide bonds. The number of hydrogen-bond donors (Lipinski definition) is 1. The van der Waals surface area contributed by atoms with Crippen LogP contribution in [0.15, 0.2) is 10.7 Å². The van der Waals surface area contributed by atoms with Gasteiger partial charge in [-0.1, -0.05) is 26.2 Å². The molecule has 0 aliphatic heterocycles. The van der Waals surface area contributed by atoms with E-state index in [4.69, 9.17) is 14.9 Å². The molecule has 0 saturated heterocycles. The lowest BCUT2D eigenvalue weighted by atomic mass is 10.2. The number of hydrogen-bond acceptors (Lipinski definition) is 4. The van der Waals surface area contributed by atoms with Crippen molar-refractivity contribution in [1.29, 1.82) is 0 Å². The highest BCUT2D eigenvalue weighted by atomic mass is 16.6. The molecular formula is C10H18N2O2. The predicted octanol–water partition coefficient (Wildman–Crippen LogP) is 2.09. The van der Waals surface area contributed by atoms with Crippen molar-refractivity contribution in [3.8, 4) is 6.08 Å². The van der Waals surface area contributed by atoms with Gasteiger partial charge in [0.15, 0.2) is 0 Å². The van der Waals surface area contributed by atoms with Gasteiger partial charge in [0.2, 0.25) is 0 Å². The van der Waals surface area contributed by atoms with E-state index in [1.807, 2.05) is 0 Å². The van der Waals surface area contributed by atoms with Gasteiger partial charge in [-0.3, -0.25) is 0 Å². The Labute approximate surface area is 84.5 Å². The van der Waals surface area contributed by atoms with Crippen LogP contribution in [0, 0.1) is 0 Å². The minimum atomic E-state index is 0.335. The third-order valence-corrected chi connectivity index (χ3v) is 1.96. The Morgan fingerprint density at radius 3 is 2.93 bits per heavy atom. The highest BCUT2D eigenvalue weighted by Crippen LogP contribution is 2.10. The van der Waals surface area contributed by atoms with Crippen LogP contribution in [0.25, 0.3) is 0 Å². The van der Waals surface area contributed by atoms with Crippen molar-refractivity contribution in [3.05, 3.63) is 12.0 Å². The van der Waals surface area contributed by atoms with E-state index in [9.17, 15) is 0 Å². The van der Waals surface area contributed by atoms with E-state index < -0.39 is 0 Å². The highest BCUT2D eigenvalue weighted by Gasteiger charge is 2.02. The second-order valence-corrected chi connectivity index (χ2v) is 3.22. The normalized spacial score (nSPS) is 10.4. The van der Waals surface area contributed by atoms with Crippen LogP contribution in [0.4, 0.5) is 0 Å². The molecule has 14 heavy (non-hydrogen) atoms. The number of nitrogens with zero attached hydrogens (tertiary/aromatic N) is 1. The van der Waals surface area contributed by atoms with Gasteiger partial charge in [-0.25, -0.2) is 0 Å². The van der Waals surface area contributed by atoms with Crippen molar-refractivity contribution in [2.45, 2.75) is 39.2 Å². The summed E-state index contributed by atoms with van der Waals surface area (Å²) in [4.78, 5) is 4.03. The molecule has 1 aromatic heterocycles. The van der Waals surface area contributed by atoms with Crippen molar-refractivity contribution in [1.82, 2.24) is 4.98 Å². The summed E-state index contributed by atoms with van der Waals surface area (Å²) in [5.74, 6) is 0. The molecule has 0 aromatic carbocycles. The first-order chi connectivity index (χ1) is 6.86. The van der Waals surface area contributed by atoms with Crippen LogP contribution in [0.2, 0.25) is 0 Å². The van der Waals surface area contributed by atoms with E-state index in [2.05, 4.69) is 11.9 Å². The summed E-state index contributed by atoms with van der Waals surface area (Å²) >= 11 is 0. The van der Waals surface area contributed by atoms with Crippen LogP contribution >= 0.6 is 0 Å². The van der Waals surface area contributed by atoms with E-state index in [1.54, 1.807) is 0 Å². The molecule has 2 N–H and O–H groups in total. The molecule has 0 aliphatic carbocycles. The summed E-state index contributed by atoms with van der Waals surface area (Å²) in [6.07, 6.45) is 6.59. The van der Waals surface area contributed by atoms with E-state index in [1.165, 1.54) is 25.5 Å². The zero-order chi connectivity index (χ0) is 10.2.